The Kier molecular flexibility index (Phi) is 5.89. The molecular formula is C26H27N3O2. The summed E-state index contributed by atoms with van der Waals surface area (Å²) in [5.41, 5.74) is 5.86. The number of likely N-dealkylation sites (N-methyl/N-ethyl adjacent to an activating group) is 1. The monoisotopic (exact) mass is 413 g/mol. The third kappa shape index (κ3) is 3.85. The second-order valence-corrected chi connectivity index (χ2v) is 7.90. The highest BCUT2D eigenvalue weighted by Crippen LogP contribution is 2.42. The van der Waals surface area contributed by atoms with E-state index in [-0.39, 0.29) is 11.4 Å². The second kappa shape index (κ2) is 8.76. The number of hydrogen-bond donors (Lipinski definition) is 0. The van der Waals surface area contributed by atoms with Crippen LogP contribution in [0.25, 0.3) is 11.6 Å². The molecule has 2 heterocycles. The van der Waals surface area contributed by atoms with Gasteiger partial charge in [-0.1, -0.05) is 54.6 Å². The first kappa shape index (κ1) is 20.8. The van der Waals surface area contributed by atoms with Crippen LogP contribution >= 0.6 is 0 Å². The van der Waals surface area contributed by atoms with E-state index < -0.39 is 0 Å². The molecule has 3 aromatic carbocycles. The molecule has 158 valence electrons. The number of carbonyl (C=O) groups is 1. The molecule has 0 aromatic heterocycles. The van der Waals surface area contributed by atoms with Crippen LogP contribution in [0.1, 0.15) is 11.1 Å². The van der Waals surface area contributed by atoms with Crippen LogP contribution in [0.2, 0.25) is 0 Å². The lowest BCUT2D eigenvalue weighted by Crippen LogP contribution is -2.44. The first-order valence-corrected chi connectivity index (χ1v) is 10.5. The normalized spacial score (nSPS) is 17.6. The van der Waals surface area contributed by atoms with E-state index in [2.05, 4.69) is 41.1 Å². The fourth-order valence-electron chi connectivity index (χ4n) is 4.31. The number of para-hydroxylation sites is 3. The molecule has 31 heavy (non-hydrogen) atoms. The summed E-state index contributed by atoms with van der Waals surface area (Å²) < 4.78 is 0. The van der Waals surface area contributed by atoms with Crippen molar-refractivity contribution in [2.75, 3.05) is 43.0 Å². The van der Waals surface area contributed by atoms with Gasteiger partial charge in [0.05, 0.1) is 11.3 Å². The zero-order valence-corrected chi connectivity index (χ0v) is 17.7. The Hall–Kier alpha value is -3.41. The van der Waals surface area contributed by atoms with E-state index in [1.807, 2.05) is 65.6 Å². The highest BCUT2D eigenvalue weighted by atomic mass is 16.2. The highest BCUT2D eigenvalue weighted by Gasteiger charge is 2.33. The van der Waals surface area contributed by atoms with Crippen molar-refractivity contribution in [3.8, 4) is 0 Å². The van der Waals surface area contributed by atoms with Crippen molar-refractivity contribution in [2.45, 2.75) is 0 Å². The molecule has 2 aliphatic heterocycles. The average molecular weight is 414 g/mol. The summed E-state index contributed by atoms with van der Waals surface area (Å²) in [5.74, 6) is 0.0237. The maximum absolute atomic E-state index is 13.5. The van der Waals surface area contributed by atoms with Crippen LogP contribution in [0.3, 0.4) is 0 Å². The number of carbonyl (C=O) groups excluding carboxylic acids is 1. The van der Waals surface area contributed by atoms with Gasteiger partial charge in [-0.05, 0) is 43.0 Å². The summed E-state index contributed by atoms with van der Waals surface area (Å²) in [6, 6.07) is 26.3. The quantitative estimate of drug-likeness (QED) is 0.613. The predicted molar refractivity (Wildman–Crippen MR) is 128 cm³/mol. The van der Waals surface area contributed by atoms with Gasteiger partial charge in [0.1, 0.15) is 0 Å². The molecule has 2 N–H and O–H groups in total. The minimum absolute atomic E-state index is 0. The van der Waals surface area contributed by atoms with Crippen molar-refractivity contribution >= 4 is 34.6 Å². The van der Waals surface area contributed by atoms with Crippen molar-refractivity contribution in [3.63, 3.8) is 0 Å². The molecular weight excluding hydrogens is 386 g/mol. The number of benzene rings is 3. The standard InChI is InChI=1S/C26H25N3O.H2O/c1-27-15-17-28(18-16-27)24-13-7-5-9-20(24)19-23-22-12-6-8-14-25(22)29(26(23)30)21-10-3-2-4-11-21;/h2-14,19H,15-18H2,1H3;1H2. The zero-order chi connectivity index (χ0) is 20.5. The molecule has 3 aromatic rings. The van der Waals surface area contributed by atoms with Gasteiger partial charge in [0.15, 0.2) is 0 Å². The Labute approximate surface area is 183 Å². The molecule has 0 saturated carbocycles. The van der Waals surface area contributed by atoms with E-state index >= 15 is 0 Å². The Balaban J connectivity index is 0.00000231. The van der Waals surface area contributed by atoms with Crippen LogP contribution in [0.15, 0.2) is 78.9 Å². The number of hydrogen-bond acceptors (Lipinski definition) is 3. The topological polar surface area (TPSA) is 58.3 Å². The van der Waals surface area contributed by atoms with Crippen LogP contribution in [-0.4, -0.2) is 49.5 Å². The van der Waals surface area contributed by atoms with E-state index in [0.29, 0.717) is 0 Å². The van der Waals surface area contributed by atoms with Crippen LogP contribution in [0, 0.1) is 0 Å². The van der Waals surface area contributed by atoms with Crippen LogP contribution in [0.5, 0.6) is 0 Å². The molecule has 0 aliphatic carbocycles. The molecule has 0 bridgehead atoms. The smallest absolute Gasteiger partial charge is 0.263 e. The minimum Gasteiger partial charge on any atom is -0.412 e. The van der Waals surface area contributed by atoms with E-state index in [4.69, 9.17) is 0 Å². The molecule has 5 nitrogen and oxygen atoms in total. The van der Waals surface area contributed by atoms with Crippen molar-refractivity contribution in [1.82, 2.24) is 4.90 Å². The molecule has 2 aliphatic rings. The third-order valence-corrected chi connectivity index (χ3v) is 5.96. The first-order chi connectivity index (χ1) is 14.7. The lowest BCUT2D eigenvalue weighted by atomic mass is 10.0. The summed E-state index contributed by atoms with van der Waals surface area (Å²) in [6.07, 6.45) is 2.07. The van der Waals surface area contributed by atoms with Crippen molar-refractivity contribution in [2.24, 2.45) is 0 Å². The van der Waals surface area contributed by atoms with Gasteiger partial charge in [0.25, 0.3) is 5.91 Å². The third-order valence-electron chi connectivity index (χ3n) is 5.96. The molecule has 0 unspecified atom stereocenters. The van der Waals surface area contributed by atoms with E-state index in [1.165, 1.54) is 5.69 Å². The molecule has 5 heteroatoms. The Morgan fingerprint density at radius 3 is 2.10 bits per heavy atom. The molecule has 0 atom stereocenters. The Morgan fingerprint density at radius 1 is 0.742 bits per heavy atom. The van der Waals surface area contributed by atoms with E-state index in [1.54, 1.807) is 0 Å². The second-order valence-electron chi connectivity index (χ2n) is 7.90. The molecule has 0 spiro atoms. The number of piperazine rings is 1. The zero-order valence-electron chi connectivity index (χ0n) is 17.7. The highest BCUT2D eigenvalue weighted by molar-refractivity contribution is 6.38. The van der Waals surface area contributed by atoms with Gasteiger partial charge < -0.3 is 15.3 Å². The van der Waals surface area contributed by atoms with Gasteiger partial charge in [0.2, 0.25) is 0 Å². The fourth-order valence-corrected chi connectivity index (χ4v) is 4.31. The van der Waals surface area contributed by atoms with Crippen LogP contribution < -0.4 is 9.80 Å². The maximum atomic E-state index is 13.5. The molecule has 1 fully saturated rings. The van der Waals surface area contributed by atoms with Gasteiger partial charge >= 0.3 is 0 Å². The van der Waals surface area contributed by atoms with Gasteiger partial charge in [-0.3, -0.25) is 9.69 Å². The number of nitrogens with zero attached hydrogens (tertiary/aromatic N) is 3. The molecule has 1 amide bonds. The van der Waals surface area contributed by atoms with Crippen LogP contribution in [0.4, 0.5) is 17.1 Å². The Bertz CT molecular complexity index is 1100. The Morgan fingerprint density at radius 2 is 1.35 bits per heavy atom. The van der Waals surface area contributed by atoms with E-state index in [9.17, 15) is 4.79 Å². The lowest BCUT2D eigenvalue weighted by molar-refractivity contribution is -0.112. The SMILES string of the molecule is CN1CCN(c2ccccc2C=C2C(=O)N(c3ccccc3)c3ccccc32)CC1.O. The predicted octanol–water partition coefficient (Wildman–Crippen LogP) is 3.83. The van der Waals surface area contributed by atoms with Crippen molar-refractivity contribution < 1.29 is 10.3 Å². The van der Waals surface area contributed by atoms with Crippen LogP contribution in [-0.2, 0) is 4.79 Å². The fraction of sp³-hybridized carbons (Fsp3) is 0.192. The number of amides is 1. The summed E-state index contributed by atoms with van der Waals surface area (Å²) in [4.78, 5) is 20.1. The van der Waals surface area contributed by atoms with Crippen molar-refractivity contribution in [3.05, 3.63) is 90.0 Å². The molecule has 0 radical (unpaired) electrons. The molecule has 5 rings (SSSR count). The van der Waals surface area contributed by atoms with Crippen molar-refractivity contribution in [1.29, 1.82) is 0 Å². The number of anilines is 3. The first-order valence-electron chi connectivity index (χ1n) is 10.5. The average Bonchev–Trinajstić information content (AvgIpc) is 3.07. The summed E-state index contributed by atoms with van der Waals surface area (Å²) in [6.45, 7) is 4.09. The number of fused-ring (bicyclic) bond motifs is 1. The largest absolute Gasteiger partial charge is 0.412 e. The van der Waals surface area contributed by atoms with E-state index in [0.717, 1.165) is 54.3 Å². The summed E-state index contributed by atoms with van der Waals surface area (Å²) in [7, 11) is 2.16. The summed E-state index contributed by atoms with van der Waals surface area (Å²) in [5, 5.41) is 0. The van der Waals surface area contributed by atoms with Gasteiger partial charge in [-0.25, -0.2) is 0 Å². The van der Waals surface area contributed by atoms with Gasteiger partial charge in [-0.2, -0.15) is 0 Å². The lowest BCUT2D eigenvalue weighted by Gasteiger charge is -2.35. The molecule has 1 saturated heterocycles. The number of rotatable bonds is 3. The summed E-state index contributed by atoms with van der Waals surface area (Å²) >= 11 is 0. The van der Waals surface area contributed by atoms with Gasteiger partial charge in [-0.15, -0.1) is 0 Å². The van der Waals surface area contributed by atoms with Gasteiger partial charge in [0, 0.05) is 43.1 Å². The minimum atomic E-state index is 0. The maximum Gasteiger partial charge on any atom is 0.263 e.